The number of aromatic nitrogens is 3. The molecule has 3 rings (SSSR count). The molecule has 0 bridgehead atoms. The van der Waals surface area contributed by atoms with E-state index < -0.39 is 11.7 Å². The minimum absolute atomic E-state index is 0.256. The molecular weight excluding hydrogens is 295 g/mol. The highest BCUT2D eigenvalue weighted by Gasteiger charge is 2.17. The summed E-state index contributed by atoms with van der Waals surface area (Å²) < 4.78 is 14.8. The summed E-state index contributed by atoms with van der Waals surface area (Å²) in [5.74, 6) is -0.562. The first kappa shape index (κ1) is 13.5. The van der Waals surface area contributed by atoms with Gasteiger partial charge in [0.25, 0.3) is 5.91 Å². The number of rotatable bonds is 2. The second kappa shape index (κ2) is 5.14. The molecule has 3 aromatic heterocycles. The van der Waals surface area contributed by atoms with Crippen molar-refractivity contribution in [3.8, 4) is 0 Å². The average molecular weight is 305 g/mol. The van der Waals surface area contributed by atoms with Crippen LogP contribution in [-0.2, 0) is 0 Å². The summed E-state index contributed by atoms with van der Waals surface area (Å²) in [5, 5.41) is 3.08. The molecule has 0 fully saturated rings. The molecule has 5 nitrogen and oxygen atoms in total. The van der Waals surface area contributed by atoms with Gasteiger partial charge in [0, 0.05) is 17.4 Å². The van der Waals surface area contributed by atoms with E-state index in [1.54, 1.807) is 13.0 Å². The lowest BCUT2D eigenvalue weighted by Gasteiger charge is -2.05. The Kier molecular flexibility index (Phi) is 3.31. The van der Waals surface area contributed by atoms with E-state index in [-0.39, 0.29) is 5.69 Å². The molecule has 0 aliphatic carbocycles. The lowest BCUT2D eigenvalue weighted by molar-refractivity contribution is 0.102. The summed E-state index contributed by atoms with van der Waals surface area (Å²) in [6, 6.07) is 5.93. The Morgan fingerprint density at radius 3 is 2.95 bits per heavy atom. The van der Waals surface area contributed by atoms with Gasteiger partial charge in [-0.3, -0.25) is 9.20 Å². The van der Waals surface area contributed by atoms with Gasteiger partial charge in [-0.05, 0) is 31.2 Å². The Morgan fingerprint density at radius 2 is 2.19 bits per heavy atom. The number of amides is 1. The van der Waals surface area contributed by atoms with Gasteiger partial charge in [-0.25, -0.2) is 14.4 Å². The molecule has 106 valence electrons. The number of halogens is 2. The van der Waals surface area contributed by atoms with E-state index in [1.165, 1.54) is 35.0 Å². The van der Waals surface area contributed by atoms with Gasteiger partial charge in [0.1, 0.15) is 23.0 Å². The molecule has 3 heterocycles. The van der Waals surface area contributed by atoms with E-state index >= 15 is 0 Å². The summed E-state index contributed by atoms with van der Waals surface area (Å²) >= 11 is 5.84. The van der Waals surface area contributed by atoms with Crippen LogP contribution in [0.15, 0.2) is 36.7 Å². The molecule has 3 aromatic rings. The highest BCUT2D eigenvalue weighted by molar-refractivity contribution is 6.30. The van der Waals surface area contributed by atoms with Crippen LogP contribution in [0.4, 0.5) is 10.2 Å². The number of carbonyl (C=O) groups is 1. The predicted octanol–water partition coefficient (Wildman–Crippen LogP) is 3.08. The lowest BCUT2D eigenvalue weighted by Crippen LogP contribution is -2.16. The molecule has 0 spiro atoms. The highest BCUT2D eigenvalue weighted by atomic mass is 35.5. The van der Waals surface area contributed by atoms with Crippen LogP contribution in [0, 0.1) is 12.7 Å². The summed E-state index contributed by atoms with van der Waals surface area (Å²) in [6.07, 6.45) is 2.70. The Morgan fingerprint density at radius 1 is 1.38 bits per heavy atom. The molecule has 1 N–H and O–H groups in total. The molecule has 0 saturated carbocycles. The van der Waals surface area contributed by atoms with Crippen LogP contribution in [0.1, 0.15) is 16.2 Å². The van der Waals surface area contributed by atoms with Gasteiger partial charge in [0.15, 0.2) is 0 Å². The van der Waals surface area contributed by atoms with Gasteiger partial charge in [0.05, 0.1) is 5.69 Å². The second-order valence-electron chi connectivity index (χ2n) is 4.43. The van der Waals surface area contributed by atoms with E-state index in [1.807, 2.05) is 0 Å². The summed E-state index contributed by atoms with van der Waals surface area (Å²) in [7, 11) is 0. The normalized spacial score (nSPS) is 10.8. The maximum atomic E-state index is 13.4. The Bertz CT molecular complexity index is 846. The number of aryl methyl sites for hydroxylation is 1. The first-order valence-corrected chi connectivity index (χ1v) is 6.49. The number of anilines is 1. The zero-order chi connectivity index (χ0) is 15.0. The van der Waals surface area contributed by atoms with Crippen LogP contribution in [0.2, 0.25) is 5.02 Å². The van der Waals surface area contributed by atoms with E-state index in [9.17, 15) is 9.18 Å². The van der Waals surface area contributed by atoms with Crippen molar-refractivity contribution in [1.82, 2.24) is 14.4 Å². The predicted molar refractivity (Wildman–Crippen MR) is 77.1 cm³/mol. The molecule has 0 aliphatic rings. The number of hydrogen-bond donors (Lipinski definition) is 1. The fourth-order valence-electron chi connectivity index (χ4n) is 2.06. The van der Waals surface area contributed by atoms with Crippen molar-refractivity contribution in [2.24, 2.45) is 0 Å². The highest BCUT2D eigenvalue weighted by Crippen LogP contribution is 2.16. The number of hydrogen-bond acceptors (Lipinski definition) is 3. The second-order valence-corrected chi connectivity index (χ2v) is 4.87. The van der Waals surface area contributed by atoms with E-state index in [0.29, 0.717) is 22.2 Å². The fourth-order valence-corrected chi connectivity index (χ4v) is 2.22. The standard InChI is InChI=1S/C14H10ClFN4O/c1-8-13(20-7-10(16)2-3-12(20)18-8)14(21)19-11-6-9(15)4-5-17-11/h2-7H,1H3,(H,17,19,21). The quantitative estimate of drug-likeness (QED) is 0.791. The molecule has 0 unspecified atom stereocenters. The van der Waals surface area contributed by atoms with Crippen molar-refractivity contribution in [2.75, 3.05) is 5.32 Å². The van der Waals surface area contributed by atoms with Gasteiger partial charge >= 0.3 is 0 Å². The minimum Gasteiger partial charge on any atom is -0.305 e. The van der Waals surface area contributed by atoms with Crippen LogP contribution in [-0.4, -0.2) is 20.3 Å². The minimum atomic E-state index is -0.449. The summed E-state index contributed by atoms with van der Waals surface area (Å²) in [6.45, 7) is 1.69. The van der Waals surface area contributed by atoms with Crippen LogP contribution < -0.4 is 5.32 Å². The van der Waals surface area contributed by atoms with Crippen molar-refractivity contribution in [1.29, 1.82) is 0 Å². The third kappa shape index (κ3) is 2.57. The Balaban J connectivity index is 2.01. The van der Waals surface area contributed by atoms with E-state index in [0.717, 1.165) is 0 Å². The van der Waals surface area contributed by atoms with Crippen LogP contribution in [0.5, 0.6) is 0 Å². The number of nitrogens with zero attached hydrogens (tertiary/aromatic N) is 3. The average Bonchev–Trinajstić information content (AvgIpc) is 2.74. The largest absolute Gasteiger partial charge is 0.305 e. The smallest absolute Gasteiger partial charge is 0.275 e. The molecule has 0 saturated heterocycles. The number of nitrogens with one attached hydrogen (secondary N) is 1. The number of pyridine rings is 2. The Hall–Kier alpha value is -2.47. The molecule has 0 radical (unpaired) electrons. The van der Waals surface area contributed by atoms with Crippen molar-refractivity contribution in [3.63, 3.8) is 0 Å². The third-order valence-corrected chi connectivity index (χ3v) is 3.17. The molecule has 1 amide bonds. The van der Waals surface area contributed by atoms with Crippen LogP contribution in [0.25, 0.3) is 5.65 Å². The molecule has 7 heteroatoms. The van der Waals surface area contributed by atoms with Crippen molar-refractivity contribution >= 4 is 29.0 Å². The monoisotopic (exact) mass is 304 g/mol. The number of imidazole rings is 1. The molecular formula is C14H10ClFN4O. The number of fused-ring (bicyclic) bond motifs is 1. The first-order valence-electron chi connectivity index (χ1n) is 6.12. The van der Waals surface area contributed by atoms with Crippen molar-refractivity contribution in [2.45, 2.75) is 6.92 Å². The fraction of sp³-hybridized carbons (Fsp3) is 0.0714. The number of carbonyl (C=O) groups excluding carboxylic acids is 1. The third-order valence-electron chi connectivity index (χ3n) is 2.94. The van der Waals surface area contributed by atoms with Crippen molar-refractivity contribution in [3.05, 3.63) is 58.9 Å². The summed E-state index contributed by atoms with van der Waals surface area (Å²) in [5.41, 5.74) is 1.25. The van der Waals surface area contributed by atoms with Crippen LogP contribution >= 0.6 is 11.6 Å². The summed E-state index contributed by atoms with van der Waals surface area (Å²) in [4.78, 5) is 20.6. The molecule has 0 aromatic carbocycles. The van der Waals surface area contributed by atoms with Gasteiger partial charge in [-0.1, -0.05) is 11.6 Å². The van der Waals surface area contributed by atoms with Gasteiger partial charge in [0.2, 0.25) is 0 Å². The van der Waals surface area contributed by atoms with Gasteiger partial charge < -0.3 is 5.32 Å². The zero-order valence-electron chi connectivity index (χ0n) is 11.0. The Labute approximate surface area is 124 Å². The SMILES string of the molecule is Cc1nc2ccc(F)cn2c1C(=O)Nc1cc(Cl)ccn1. The topological polar surface area (TPSA) is 59.3 Å². The van der Waals surface area contributed by atoms with Gasteiger partial charge in [-0.15, -0.1) is 0 Å². The van der Waals surface area contributed by atoms with Gasteiger partial charge in [-0.2, -0.15) is 0 Å². The first-order chi connectivity index (χ1) is 10.0. The molecule has 0 atom stereocenters. The van der Waals surface area contributed by atoms with E-state index in [4.69, 9.17) is 11.6 Å². The van der Waals surface area contributed by atoms with Crippen LogP contribution in [0.3, 0.4) is 0 Å². The maximum Gasteiger partial charge on any atom is 0.275 e. The molecule has 0 aliphatic heterocycles. The van der Waals surface area contributed by atoms with Crippen molar-refractivity contribution < 1.29 is 9.18 Å². The molecule has 21 heavy (non-hydrogen) atoms. The zero-order valence-corrected chi connectivity index (χ0v) is 11.7. The maximum absolute atomic E-state index is 13.4. The van der Waals surface area contributed by atoms with E-state index in [2.05, 4.69) is 15.3 Å². The lowest BCUT2D eigenvalue weighted by atomic mass is 10.3.